The molecule has 0 saturated heterocycles. The van der Waals surface area contributed by atoms with Crippen molar-refractivity contribution in [2.24, 2.45) is 0 Å². The monoisotopic (exact) mass is 326 g/mol. The first-order valence-electron chi connectivity index (χ1n) is 6.08. The van der Waals surface area contributed by atoms with Crippen molar-refractivity contribution in [1.29, 1.82) is 0 Å². The van der Waals surface area contributed by atoms with Gasteiger partial charge in [0.05, 0.1) is 5.02 Å². The predicted molar refractivity (Wildman–Crippen MR) is 80.7 cm³/mol. The van der Waals surface area contributed by atoms with E-state index in [2.05, 4.69) is 0 Å². The van der Waals surface area contributed by atoms with Crippen LogP contribution in [0.25, 0.3) is 0 Å². The molecule has 21 heavy (non-hydrogen) atoms. The molecule has 110 valence electrons. The Bertz CT molecular complexity index is 658. The Labute approximate surface area is 131 Å². The molecule has 0 spiro atoms. The Hall–Kier alpha value is -1.91. The van der Waals surface area contributed by atoms with Crippen LogP contribution in [0.1, 0.15) is 6.92 Å². The first kappa shape index (κ1) is 15.5. The maximum atomic E-state index is 10.8. The topological polar surface area (TPSA) is 55.8 Å². The summed E-state index contributed by atoms with van der Waals surface area (Å²) in [6, 6.07) is 11.5. The van der Waals surface area contributed by atoms with Gasteiger partial charge < -0.3 is 14.6 Å². The number of hydrogen-bond acceptors (Lipinski definition) is 3. The summed E-state index contributed by atoms with van der Waals surface area (Å²) in [6.45, 7) is 1.45. The van der Waals surface area contributed by atoms with E-state index in [1.165, 1.54) is 6.92 Å². The van der Waals surface area contributed by atoms with Crippen LogP contribution in [0.15, 0.2) is 42.5 Å². The molecule has 0 bridgehead atoms. The summed E-state index contributed by atoms with van der Waals surface area (Å²) < 4.78 is 10.9. The van der Waals surface area contributed by atoms with Crippen LogP contribution in [0.4, 0.5) is 0 Å². The third-order valence-electron chi connectivity index (χ3n) is 2.59. The highest BCUT2D eigenvalue weighted by Crippen LogP contribution is 2.32. The highest BCUT2D eigenvalue weighted by Gasteiger charge is 2.13. The fourth-order valence-corrected chi connectivity index (χ4v) is 2.00. The lowest BCUT2D eigenvalue weighted by Gasteiger charge is -2.12. The summed E-state index contributed by atoms with van der Waals surface area (Å²) in [5.41, 5.74) is 0. The van der Waals surface area contributed by atoms with E-state index in [-0.39, 0.29) is 0 Å². The van der Waals surface area contributed by atoms with Gasteiger partial charge >= 0.3 is 5.97 Å². The molecular weight excluding hydrogens is 315 g/mol. The second-order valence-corrected chi connectivity index (χ2v) is 5.09. The van der Waals surface area contributed by atoms with Gasteiger partial charge in [-0.05, 0) is 37.3 Å². The van der Waals surface area contributed by atoms with Gasteiger partial charge in [-0.15, -0.1) is 0 Å². The number of hydrogen-bond donors (Lipinski definition) is 1. The zero-order valence-corrected chi connectivity index (χ0v) is 12.6. The lowest BCUT2D eigenvalue weighted by Crippen LogP contribution is -2.22. The van der Waals surface area contributed by atoms with Crippen molar-refractivity contribution in [3.05, 3.63) is 52.5 Å². The van der Waals surface area contributed by atoms with Crippen LogP contribution in [-0.2, 0) is 4.79 Å². The summed E-state index contributed by atoms with van der Waals surface area (Å²) in [5, 5.41) is 9.72. The maximum Gasteiger partial charge on any atom is 0.344 e. The van der Waals surface area contributed by atoms with Crippen LogP contribution in [0.5, 0.6) is 17.2 Å². The minimum Gasteiger partial charge on any atom is -0.479 e. The Morgan fingerprint density at radius 3 is 2.52 bits per heavy atom. The van der Waals surface area contributed by atoms with E-state index in [0.717, 1.165) is 0 Å². The van der Waals surface area contributed by atoms with E-state index >= 15 is 0 Å². The molecule has 1 unspecified atom stereocenters. The molecule has 0 aliphatic carbocycles. The van der Waals surface area contributed by atoms with Crippen molar-refractivity contribution < 1.29 is 19.4 Å². The van der Waals surface area contributed by atoms with Gasteiger partial charge in [-0.25, -0.2) is 4.79 Å². The average Bonchev–Trinajstić information content (AvgIpc) is 2.42. The molecule has 0 fully saturated rings. The highest BCUT2D eigenvalue weighted by molar-refractivity contribution is 6.35. The summed E-state index contributed by atoms with van der Waals surface area (Å²) in [5.74, 6) is 0.286. The van der Waals surface area contributed by atoms with Gasteiger partial charge in [-0.2, -0.15) is 0 Å². The zero-order valence-electron chi connectivity index (χ0n) is 11.0. The highest BCUT2D eigenvalue weighted by atomic mass is 35.5. The summed E-state index contributed by atoms with van der Waals surface area (Å²) in [6.07, 6.45) is -0.945. The minimum absolute atomic E-state index is 0.382. The van der Waals surface area contributed by atoms with Crippen molar-refractivity contribution >= 4 is 29.2 Å². The number of aliphatic carboxylic acids is 1. The Morgan fingerprint density at radius 2 is 1.86 bits per heavy atom. The van der Waals surface area contributed by atoms with Crippen molar-refractivity contribution in [2.75, 3.05) is 0 Å². The van der Waals surface area contributed by atoms with E-state index < -0.39 is 12.1 Å². The van der Waals surface area contributed by atoms with Gasteiger partial charge in [0.15, 0.2) is 6.10 Å². The lowest BCUT2D eigenvalue weighted by atomic mass is 10.3. The van der Waals surface area contributed by atoms with E-state index in [4.69, 9.17) is 37.8 Å². The number of rotatable bonds is 5. The summed E-state index contributed by atoms with van der Waals surface area (Å²) in [4.78, 5) is 10.8. The van der Waals surface area contributed by atoms with Crippen LogP contribution in [0, 0.1) is 0 Å². The van der Waals surface area contributed by atoms with Gasteiger partial charge in [0.25, 0.3) is 0 Å². The Balaban J connectivity index is 2.15. The number of benzene rings is 2. The van der Waals surface area contributed by atoms with Crippen molar-refractivity contribution in [3.63, 3.8) is 0 Å². The largest absolute Gasteiger partial charge is 0.479 e. The number of ether oxygens (including phenoxy) is 2. The fraction of sp³-hybridized carbons (Fsp3) is 0.133. The summed E-state index contributed by atoms with van der Waals surface area (Å²) >= 11 is 11.8. The fourth-order valence-electron chi connectivity index (χ4n) is 1.55. The molecule has 0 amide bonds. The van der Waals surface area contributed by atoms with Crippen LogP contribution in [-0.4, -0.2) is 17.2 Å². The zero-order chi connectivity index (χ0) is 15.4. The molecule has 2 aromatic carbocycles. The molecule has 0 aliphatic rings. The number of carboxylic acid groups (broad SMARTS) is 1. The number of halogens is 2. The van der Waals surface area contributed by atoms with Gasteiger partial charge in [0, 0.05) is 11.1 Å². The van der Waals surface area contributed by atoms with Gasteiger partial charge in [0.2, 0.25) is 0 Å². The van der Waals surface area contributed by atoms with Crippen LogP contribution < -0.4 is 9.47 Å². The van der Waals surface area contributed by atoms with Gasteiger partial charge in [-0.3, -0.25) is 0 Å². The Kier molecular flexibility index (Phi) is 4.94. The van der Waals surface area contributed by atoms with Crippen molar-refractivity contribution in [1.82, 2.24) is 0 Å². The standard InChI is InChI=1S/C15H12Cl2O4/c1-9(15(18)19)20-11-3-2-4-12(8-11)21-14-6-5-10(16)7-13(14)17/h2-9H,1H3,(H,18,19). The van der Waals surface area contributed by atoms with Crippen molar-refractivity contribution in [3.8, 4) is 17.2 Å². The first-order chi connectivity index (χ1) is 9.95. The molecule has 2 rings (SSSR count). The molecule has 0 heterocycles. The molecule has 2 aromatic rings. The number of carboxylic acids is 1. The normalized spacial score (nSPS) is 11.8. The van der Waals surface area contributed by atoms with E-state index in [0.29, 0.717) is 27.3 Å². The van der Waals surface area contributed by atoms with E-state index in [9.17, 15) is 4.79 Å². The lowest BCUT2D eigenvalue weighted by molar-refractivity contribution is -0.144. The smallest absolute Gasteiger partial charge is 0.344 e. The van der Waals surface area contributed by atoms with E-state index in [1.54, 1.807) is 42.5 Å². The van der Waals surface area contributed by atoms with Crippen LogP contribution in [0.2, 0.25) is 10.0 Å². The second-order valence-electron chi connectivity index (χ2n) is 4.25. The second kappa shape index (κ2) is 6.70. The molecule has 6 heteroatoms. The third kappa shape index (κ3) is 4.28. The molecule has 0 aliphatic heterocycles. The quantitative estimate of drug-likeness (QED) is 0.869. The van der Waals surface area contributed by atoms with Crippen LogP contribution in [0.3, 0.4) is 0 Å². The molecular formula is C15H12Cl2O4. The molecule has 4 nitrogen and oxygen atoms in total. The maximum absolute atomic E-state index is 10.8. The van der Waals surface area contributed by atoms with Gasteiger partial charge in [0.1, 0.15) is 17.2 Å². The predicted octanol–water partition coefficient (Wildman–Crippen LogP) is 4.64. The average molecular weight is 327 g/mol. The van der Waals surface area contributed by atoms with Gasteiger partial charge in [-0.1, -0.05) is 29.3 Å². The van der Waals surface area contributed by atoms with Crippen molar-refractivity contribution in [2.45, 2.75) is 13.0 Å². The third-order valence-corrected chi connectivity index (χ3v) is 3.12. The Morgan fingerprint density at radius 1 is 1.14 bits per heavy atom. The minimum atomic E-state index is -1.04. The summed E-state index contributed by atoms with van der Waals surface area (Å²) in [7, 11) is 0. The molecule has 1 N–H and O–H groups in total. The molecule has 0 aromatic heterocycles. The van der Waals surface area contributed by atoms with E-state index in [1.807, 2.05) is 0 Å². The number of carbonyl (C=O) groups is 1. The molecule has 1 atom stereocenters. The van der Waals surface area contributed by atoms with Crippen LogP contribution >= 0.6 is 23.2 Å². The molecule has 0 saturated carbocycles. The SMILES string of the molecule is CC(Oc1cccc(Oc2ccc(Cl)cc2Cl)c1)C(=O)O. The first-order valence-corrected chi connectivity index (χ1v) is 6.84. The molecule has 0 radical (unpaired) electrons.